The van der Waals surface area contributed by atoms with Crippen molar-refractivity contribution in [2.45, 2.75) is 13.3 Å². The molecule has 0 aliphatic rings. The highest BCUT2D eigenvalue weighted by atomic mass is 16.4. The van der Waals surface area contributed by atoms with Gasteiger partial charge >= 0.3 is 11.9 Å². The average Bonchev–Trinajstić information content (AvgIpc) is 2.66. The van der Waals surface area contributed by atoms with Gasteiger partial charge in [-0.1, -0.05) is 86.0 Å². The Morgan fingerprint density at radius 1 is 0.926 bits per heavy atom. The van der Waals surface area contributed by atoms with E-state index < -0.39 is 11.9 Å². The van der Waals surface area contributed by atoms with Gasteiger partial charge in [-0.3, -0.25) is 0 Å². The molecule has 2 rings (SSSR count). The largest absolute Gasteiger partial charge is 0.478 e. The molecular formula is C23H24O4. The van der Waals surface area contributed by atoms with Crippen molar-refractivity contribution in [2.24, 2.45) is 5.92 Å². The molecule has 0 fully saturated rings. The van der Waals surface area contributed by atoms with Crippen LogP contribution in [0.3, 0.4) is 0 Å². The first kappa shape index (κ1) is 21.6. The maximum atomic E-state index is 11.2. The minimum absolute atomic E-state index is 0.176. The lowest BCUT2D eigenvalue weighted by Crippen LogP contribution is -2.12. The van der Waals surface area contributed by atoms with Crippen molar-refractivity contribution >= 4 is 18.0 Å². The summed E-state index contributed by atoms with van der Waals surface area (Å²) in [5.41, 5.74) is 2.54. The van der Waals surface area contributed by atoms with Crippen LogP contribution in [-0.4, -0.2) is 22.2 Å². The molecule has 1 unspecified atom stereocenters. The van der Waals surface area contributed by atoms with Crippen molar-refractivity contribution < 1.29 is 19.8 Å². The third kappa shape index (κ3) is 8.50. The van der Waals surface area contributed by atoms with Gasteiger partial charge in [0.25, 0.3) is 0 Å². The molecule has 1 atom stereocenters. The predicted molar refractivity (Wildman–Crippen MR) is 108 cm³/mol. The fraction of sp³-hybridized carbons (Fsp3) is 0.130. The number of hydrogen-bond acceptors (Lipinski definition) is 2. The van der Waals surface area contributed by atoms with Crippen molar-refractivity contribution in [3.8, 4) is 0 Å². The smallest absolute Gasteiger partial charge is 0.331 e. The quantitative estimate of drug-likeness (QED) is 0.689. The Kier molecular flexibility index (Phi) is 9.03. The number of carbonyl (C=O) groups is 2. The van der Waals surface area contributed by atoms with Crippen molar-refractivity contribution in [2.75, 3.05) is 0 Å². The van der Waals surface area contributed by atoms with Crippen molar-refractivity contribution in [3.63, 3.8) is 0 Å². The Balaban J connectivity index is 0.000000527. The van der Waals surface area contributed by atoms with Gasteiger partial charge in [-0.15, -0.1) is 0 Å². The second kappa shape index (κ2) is 11.3. The SMILES string of the molecule is C=C(C(=O)O)C(C=Cc1ccccc1)Cc1ccccc1.C=C(C)C(=O)O. The summed E-state index contributed by atoms with van der Waals surface area (Å²) in [5.74, 6) is -2.10. The van der Waals surface area contributed by atoms with E-state index in [0.717, 1.165) is 11.1 Å². The zero-order valence-electron chi connectivity index (χ0n) is 15.3. The standard InChI is InChI=1S/C19H18O2.C4H6O2/c1-15(19(20)21)18(14-17-10-6-3-7-11-17)13-12-16-8-4-2-5-9-16;1-3(2)4(5)6/h2-13,18H,1,14H2,(H,20,21);1H2,2H3,(H,5,6). The third-order valence-corrected chi connectivity index (χ3v) is 3.71. The molecule has 2 aromatic rings. The third-order valence-electron chi connectivity index (χ3n) is 3.71. The predicted octanol–water partition coefficient (Wildman–Crippen LogP) is 4.85. The van der Waals surface area contributed by atoms with Gasteiger partial charge in [0.2, 0.25) is 0 Å². The zero-order chi connectivity index (χ0) is 20.2. The first-order chi connectivity index (χ1) is 12.8. The maximum Gasteiger partial charge on any atom is 0.331 e. The van der Waals surface area contributed by atoms with Crippen molar-refractivity contribution in [1.82, 2.24) is 0 Å². The summed E-state index contributed by atoms with van der Waals surface area (Å²) in [6.07, 6.45) is 4.50. The van der Waals surface area contributed by atoms with E-state index in [1.807, 2.05) is 72.8 Å². The molecule has 0 aliphatic heterocycles. The molecule has 0 radical (unpaired) electrons. The van der Waals surface area contributed by atoms with E-state index in [1.165, 1.54) is 6.92 Å². The number of benzene rings is 2. The Hall–Kier alpha value is -3.40. The molecule has 0 saturated heterocycles. The van der Waals surface area contributed by atoms with Gasteiger partial charge in [-0.2, -0.15) is 0 Å². The maximum absolute atomic E-state index is 11.2. The molecule has 0 bridgehead atoms. The Morgan fingerprint density at radius 3 is 1.85 bits per heavy atom. The molecule has 140 valence electrons. The number of hydrogen-bond donors (Lipinski definition) is 2. The van der Waals surface area contributed by atoms with Crippen LogP contribution >= 0.6 is 0 Å². The van der Waals surface area contributed by atoms with Gasteiger partial charge in [0.05, 0.1) is 0 Å². The summed E-state index contributed by atoms with van der Waals surface area (Å²) < 4.78 is 0. The Morgan fingerprint density at radius 2 is 1.41 bits per heavy atom. The highest BCUT2D eigenvalue weighted by molar-refractivity contribution is 5.87. The van der Waals surface area contributed by atoms with Crippen LogP contribution in [0.25, 0.3) is 6.08 Å². The van der Waals surface area contributed by atoms with Gasteiger partial charge in [-0.05, 0) is 24.5 Å². The van der Waals surface area contributed by atoms with Crippen molar-refractivity contribution in [3.05, 3.63) is 102 Å². The van der Waals surface area contributed by atoms with Crippen LogP contribution in [-0.2, 0) is 16.0 Å². The van der Waals surface area contributed by atoms with Crippen LogP contribution in [0.15, 0.2) is 91.0 Å². The van der Waals surface area contributed by atoms with Gasteiger partial charge in [0.15, 0.2) is 0 Å². The molecule has 0 aliphatic carbocycles. The Bertz CT molecular complexity index is 793. The molecule has 0 heterocycles. The fourth-order valence-electron chi connectivity index (χ4n) is 2.13. The van der Waals surface area contributed by atoms with Gasteiger partial charge in [0.1, 0.15) is 0 Å². The first-order valence-electron chi connectivity index (χ1n) is 8.39. The molecule has 2 N–H and O–H groups in total. The number of allylic oxidation sites excluding steroid dienone is 1. The summed E-state index contributed by atoms with van der Waals surface area (Å²) in [7, 11) is 0. The lowest BCUT2D eigenvalue weighted by atomic mass is 9.91. The van der Waals surface area contributed by atoms with Crippen LogP contribution in [0.4, 0.5) is 0 Å². The van der Waals surface area contributed by atoms with E-state index in [0.29, 0.717) is 6.42 Å². The second-order valence-corrected chi connectivity index (χ2v) is 5.98. The normalized spacial score (nSPS) is 11.1. The topological polar surface area (TPSA) is 74.6 Å². The summed E-state index contributed by atoms with van der Waals surface area (Å²) in [6.45, 7) is 8.31. The van der Waals surface area contributed by atoms with E-state index in [1.54, 1.807) is 0 Å². The summed E-state index contributed by atoms with van der Waals surface area (Å²) in [4.78, 5) is 20.8. The highest BCUT2D eigenvalue weighted by Gasteiger charge is 2.16. The average molecular weight is 364 g/mol. The summed E-state index contributed by atoms with van der Waals surface area (Å²) >= 11 is 0. The Labute approximate surface area is 159 Å². The van der Waals surface area contributed by atoms with Crippen LogP contribution < -0.4 is 0 Å². The van der Waals surface area contributed by atoms with E-state index >= 15 is 0 Å². The molecule has 0 aromatic heterocycles. The number of carboxylic acids is 2. The number of carboxylic acid groups (broad SMARTS) is 2. The van der Waals surface area contributed by atoms with Crippen LogP contribution in [0.5, 0.6) is 0 Å². The van der Waals surface area contributed by atoms with Crippen molar-refractivity contribution in [1.29, 1.82) is 0 Å². The molecular weight excluding hydrogens is 340 g/mol. The van der Waals surface area contributed by atoms with E-state index in [4.69, 9.17) is 5.11 Å². The lowest BCUT2D eigenvalue weighted by Gasteiger charge is -2.13. The second-order valence-electron chi connectivity index (χ2n) is 5.98. The van der Waals surface area contributed by atoms with Gasteiger partial charge in [0, 0.05) is 17.1 Å². The molecule has 4 nitrogen and oxygen atoms in total. The first-order valence-corrected chi connectivity index (χ1v) is 8.39. The zero-order valence-corrected chi connectivity index (χ0v) is 15.3. The molecule has 2 aromatic carbocycles. The monoisotopic (exact) mass is 364 g/mol. The van der Waals surface area contributed by atoms with Gasteiger partial charge in [-0.25, -0.2) is 9.59 Å². The summed E-state index contributed by atoms with van der Waals surface area (Å²) in [6, 6.07) is 19.7. The van der Waals surface area contributed by atoms with E-state index in [2.05, 4.69) is 13.2 Å². The molecule has 27 heavy (non-hydrogen) atoms. The van der Waals surface area contributed by atoms with Crippen LogP contribution in [0, 0.1) is 5.92 Å². The highest BCUT2D eigenvalue weighted by Crippen LogP contribution is 2.19. The lowest BCUT2D eigenvalue weighted by molar-refractivity contribution is -0.133. The molecule has 0 spiro atoms. The van der Waals surface area contributed by atoms with Gasteiger partial charge < -0.3 is 10.2 Å². The van der Waals surface area contributed by atoms with E-state index in [-0.39, 0.29) is 17.1 Å². The number of aliphatic carboxylic acids is 2. The molecule has 0 amide bonds. The number of rotatable bonds is 7. The molecule has 0 saturated carbocycles. The minimum Gasteiger partial charge on any atom is -0.478 e. The molecule has 4 heteroatoms. The van der Waals surface area contributed by atoms with Crippen LogP contribution in [0.1, 0.15) is 18.1 Å². The summed E-state index contributed by atoms with van der Waals surface area (Å²) in [5, 5.41) is 17.1. The van der Waals surface area contributed by atoms with Crippen LogP contribution in [0.2, 0.25) is 0 Å². The van der Waals surface area contributed by atoms with E-state index in [9.17, 15) is 14.7 Å². The fourth-order valence-corrected chi connectivity index (χ4v) is 2.13. The minimum atomic E-state index is -0.950.